The van der Waals surface area contributed by atoms with E-state index >= 15 is 0 Å². The lowest BCUT2D eigenvalue weighted by Gasteiger charge is -1.94. The van der Waals surface area contributed by atoms with E-state index in [0.717, 1.165) is 0 Å². The lowest BCUT2D eigenvalue weighted by molar-refractivity contribution is -0.384. The molecule has 0 saturated heterocycles. The number of hydrogen-bond acceptors (Lipinski definition) is 5. The van der Waals surface area contributed by atoms with Crippen LogP contribution in [0.4, 0.5) is 5.69 Å². The Morgan fingerprint density at radius 1 is 1.53 bits per heavy atom. The zero-order valence-corrected chi connectivity index (χ0v) is 8.66. The fourth-order valence-corrected chi connectivity index (χ4v) is 0.972. The highest BCUT2D eigenvalue weighted by Gasteiger charge is 2.02. The molecule has 86 valence electrons. The summed E-state index contributed by atoms with van der Waals surface area (Å²) in [6.45, 7) is 0. The van der Waals surface area contributed by atoms with Gasteiger partial charge in [-0.25, -0.2) is 5.43 Å². The van der Waals surface area contributed by atoms with Crippen LogP contribution in [0.5, 0.6) is 0 Å². The number of nitrogens with zero attached hydrogens (tertiary/aromatic N) is 3. The van der Waals surface area contributed by atoms with Crippen LogP contribution in [-0.2, 0) is 4.79 Å². The SMILES string of the molecule is N#CCC(=O)NN=Cc1ccc([N+](=O)[O-])cc1. The molecule has 7 heteroatoms. The Bertz CT molecular complexity index is 487. The molecule has 0 bridgehead atoms. The van der Waals surface area contributed by atoms with Crippen molar-refractivity contribution in [3.63, 3.8) is 0 Å². The molecule has 1 aromatic carbocycles. The minimum Gasteiger partial charge on any atom is -0.272 e. The standard InChI is InChI=1S/C10H8N4O3/c11-6-5-10(15)13-12-7-8-1-3-9(4-2-8)14(16)17/h1-4,7H,5H2,(H,13,15). The number of benzene rings is 1. The molecular formula is C10H8N4O3. The molecule has 1 amide bonds. The molecule has 1 aromatic rings. The highest BCUT2D eigenvalue weighted by atomic mass is 16.6. The predicted octanol–water partition coefficient (Wildman–Crippen LogP) is 0.959. The average molecular weight is 232 g/mol. The Hall–Kier alpha value is -2.75. The lowest BCUT2D eigenvalue weighted by atomic mass is 10.2. The molecule has 0 heterocycles. The summed E-state index contributed by atoms with van der Waals surface area (Å²) in [4.78, 5) is 20.7. The maximum atomic E-state index is 10.8. The summed E-state index contributed by atoms with van der Waals surface area (Å²) >= 11 is 0. The Kier molecular flexibility index (Phi) is 4.33. The van der Waals surface area contributed by atoms with Crippen LogP contribution in [0.15, 0.2) is 29.4 Å². The molecule has 0 radical (unpaired) electrons. The zero-order chi connectivity index (χ0) is 12.7. The molecule has 7 nitrogen and oxygen atoms in total. The van der Waals surface area contributed by atoms with Crippen LogP contribution in [0.3, 0.4) is 0 Å². The molecule has 1 N–H and O–H groups in total. The zero-order valence-electron chi connectivity index (χ0n) is 8.66. The number of carbonyl (C=O) groups excluding carboxylic acids is 1. The monoisotopic (exact) mass is 232 g/mol. The van der Waals surface area contributed by atoms with Gasteiger partial charge in [0.2, 0.25) is 0 Å². The third-order valence-corrected chi connectivity index (χ3v) is 1.75. The van der Waals surface area contributed by atoms with Crippen LogP contribution >= 0.6 is 0 Å². The fraction of sp³-hybridized carbons (Fsp3) is 0.100. The molecular weight excluding hydrogens is 224 g/mol. The van der Waals surface area contributed by atoms with E-state index < -0.39 is 10.8 Å². The van der Waals surface area contributed by atoms with Crippen LogP contribution < -0.4 is 5.43 Å². The quantitative estimate of drug-likeness (QED) is 0.473. The number of hydrogen-bond donors (Lipinski definition) is 1. The number of nitrogens with one attached hydrogen (secondary N) is 1. The number of rotatable bonds is 4. The summed E-state index contributed by atoms with van der Waals surface area (Å²) < 4.78 is 0. The van der Waals surface area contributed by atoms with E-state index in [9.17, 15) is 14.9 Å². The summed E-state index contributed by atoms with van der Waals surface area (Å²) in [5.41, 5.74) is 2.73. The van der Waals surface area contributed by atoms with Crippen molar-refractivity contribution in [1.29, 1.82) is 5.26 Å². The van der Waals surface area contributed by atoms with Gasteiger partial charge in [-0.05, 0) is 17.7 Å². The average Bonchev–Trinajstić information content (AvgIpc) is 2.30. The highest BCUT2D eigenvalue weighted by Crippen LogP contribution is 2.10. The van der Waals surface area contributed by atoms with Crippen molar-refractivity contribution in [3.8, 4) is 6.07 Å². The number of nitro benzene ring substituents is 1. The van der Waals surface area contributed by atoms with E-state index in [1.165, 1.54) is 30.5 Å². The molecule has 0 fully saturated rings. The van der Waals surface area contributed by atoms with Gasteiger partial charge in [-0.3, -0.25) is 14.9 Å². The highest BCUT2D eigenvalue weighted by molar-refractivity contribution is 5.83. The van der Waals surface area contributed by atoms with Crippen LogP contribution in [0.2, 0.25) is 0 Å². The van der Waals surface area contributed by atoms with Gasteiger partial charge in [-0.15, -0.1) is 0 Å². The Morgan fingerprint density at radius 2 is 2.18 bits per heavy atom. The van der Waals surface area contributed by atoms with Crippen molar-refractivity contribution >= 4 is 17.8 Å². The van der Waals surface area contributed by atoms with E-state index in [-0.39, 0.29) is 12.1 Å². The molecule has 0 unspecified atom stereocenters. The van der Waals surface area contributed by atoms with Crippen molar-refractivity contribution in [2.45, 2.75) is 6.42 Å². The molecule has 0 spiro atoms. The van der Waals surface area contributed by atoms with Crippen LogP contribution in [0.1, 0.15) is 12.0 Å². The Labute approximate surface area is 96.5 Å². The minimum absolute atomic E-state index is 0.0179. The maximum Gasteiger partial charge on any atom is 0.269 e. The van der Waals surface area contributed by atoms with Gasteiger partial charge in [0.1, 0.15) is 6.42 Å². The van der Waals surface area contributed by atoms with Gasteiger partial charge in [0.05, 0.1) is 17.2 Å². The van der Waals surface area contributed by atoms with Crippen molar-refractivity contribution < 1.29 is 9.72 Å². The van der Waals surface area contributed by atoms with Crippen molar-refractivity contribution in [2.75, 3.05) is 0 Å². The molecule has 0 aliphatic heterocycles. The van der Waals surface area contributed by atoms with Gasteiger partial charge in [0.15, 0.2) is 0 Å². The normalized spacial score (nSPS) is 9.82. The number of amides is 1. The molecule has 1 rings (SSSR count). The summed E-state index contributed by atoms with van der Waals surface area (Å²) in [6, 6.07) is 7.33. The van der Waals surface area contributed by atoms with Crippen LogP contribution in [-0.4, -0.2) is 17.0 Å². The van der Waals surface area contributed by atoms with E-state index in [0.29, 0.717) is 5.56 Å². The van der Waals surface area contributed by atoms with Crippen LogP contribution in [0, 0.1) is 21.4 Å². The predicted molar refractivity (Wildman–Crippen MR) is 59.1 cm³/mol. The smallest absolute Gasteiger partial charge is 0.269 e. The molecule has 0 aliphatic carbocycles. The van der Waals surface area contributed by atoms with E-state index in [1.807, 2.05) is 0 Å². The molecule has 0 aromatic heterocycles. The third kappa shape index (κ3) is 4.09. The van der Waals surface area contributed by atoms with Crippen LogP contribution in [0.25, 0.3) is 0 Å². The summed E-state index contributed by atoms with van der Waals surface area (Å²) in [5.74, 6) is -0.509. The number of carbonyl (C=O) groups is 1. The third-order valence-electron chi connectivity index (χ3n) is 1.75. The second kappa shape index (κ2) is 5.97. The number of non-ortho nitro benzene ring substituents is 1. The summed E-state index contributed by atoms with van der Waals surface area (Å²) in [5, 5.41) is 22.2. The Balaban J connectivity index is 2.58. The fourth-order valence-electron chi connectivity index (χ4n) is 0.972. The maximum absolute atomic E-state index is 10.8. The first kappa shape index (κ1) is 12.3. The molecule has 0 saturated carbocycles. The van der Waals surface area contributed by atoms with E-state index in [1.54, 1.807) is 6.07 Å². The second-order valence-electron chi connectivity index (χ2n) is 2.98. The largest absolute Gasteiger partial charge is 0.272 e. The molecule has 0 atom stereocenters. The molecule has 17 heavy (non-hydrogen) atoms. The van der Waals surface area contributed by atoms with Crippen molar-refractivity contribution in [3.05, 3.63) is 39.9 Å². The Morgan fingerprint density at radius 3 is 2.71 bits per heavy atom. The van der Waals surface area contributed by atoms with E-state index in [2.05, 4.69) is 10.5 Å². The lowest BCUT2D eigenvalue weighted by Crippen LogP contribution is -2.16. The summed E-state index contributed by atoms with van der Waals surface area (Å²) in [6.07, 6.45) is 1.07. The van der Waals surface area contributed by atoms with Gasteiger partial charge in [-0.1, -0.05) is 0 Å². The van der Waals surface area contributed by atoms with Gasteiger partial charge in [0, 0.05) is 12.1 Å². The van der Waals surface area contributed by atoms with Gasteiger partial charge < -0.3 is 0 Å². The number of nitro groups is 1. The van der Waals surface area contributed by atoms with Gasteiger partial charge in [-0.2, -0.15) is 10.4 Å². The number of hydrazone groups is 1. The topological polar surface area (TPSA) is 108 Å². The van der Waals surface area contributed by atoms with Gasteiger partial charge in [0.25, 0.3) is 11.6 Å². The van der Waals surface area contributed by atoms with Crippen molar-refractivity contribution in [1.82, 2.24) is 5.43 Å². The second-order valence-corrected chi connectivity index (χ2v) is 2.98. The summed E-state index contributed by atoms with van der Waals surface area (Å²) in [7, 11) is 0. The van der Waals surface area contributed by atoms with Gasteiger partial charge >= 0.3 is 0 Å². The van der Waals surface area contributed by atoms with E-state index in [4.69, 9.17) is 5.26 Å². The van der Waals surface area contributed by atoms with Crippen molar-refractivity contribution in [2.24, 2.45) is 5.10 Å². The first-order valence-corrected chi connectivity index (χ1v) is 4.57. The first-order valence-electron chi connectivity index (χ1n) is 4.57. The first-order chi connectivity index (χ1) is 8.13. The minimum atomic E-state index is -0.509. The number of nitriles is 1. The molecule has 0 aliphatic rings.